The van der Waals surface area contributed by atoms with Gasteiger partial charge in [-0.15, -0.1) is 0 Å². The molecule has 0 saturated carbocycles. The molecule has 0 aliphatic carbocycles. The molecule has 8 heteroatoms. The molecule has 2 aromatic carbocycles. The zero-order valence-corrected chi connectivity index (χ0v) is 13.8. The maximum absolute atomic E-state index is 13.0. The van der Waals surface area contributed by atoms with E-state index in [2.05, 4.69) is 5.32 Å². The highest BCUT2D eigenvalue weighted by Crippen LogP contribution is 2.33. The van der Waals surface area contributed by atoms with Crippen molar-refractivity contribution < 1.29 is 18.3 Å². The predicted octanol–water partition coefficient (Wildman–Crippen LogP) is 4.62. The first kappa shape index (κ1) is 17.8. The van der Waals surface area contributed by atoms with Crippen molar-refractivity contribution >= 4 is 40.7 Å². The number of nitrogens with one attached hydrogen (secondary N) is 1. The number of amides is 1. The molecule has 0 aliphatic rings. The quantitative estimate of drug-likeness (QED) is 0.769. The molecule has 0 heterocycles. The molecule has 0 fully saturated rings. The van der Waals surface area contributed by atoms with Gasteiger partial charge in [-0.2, -0.15) is 0 Å². The summed E-state index contributed by atoms with van der Waals surface area (Å²) in [5.74, 6) is -1.72. The maximum atomic E-state index is 13.0. The topological polar surface area (TPSA) is 38.3 Å². The van der Waals surface area contributed by atoms with E-state index in [0.29, 0.717) is 5.56 Å². The van der Waals surface area contributed by atoms with Crippen molar-refractivity contribution in [2.24, 2.45) is 0 Å². The molecule has 0 bridgehead atoms. The van der Waals surface area contributed by atoms with Crippen LogP contribution >= 0.6 is 34.8 Å². The third-order valence-corrected chi connectivity index (χ3v) is 3.76. The minimum absolute atomic E-state index is 0.0357. The van der Waals surface area contributed by atoms with Crippen molar-refractivity contribution in [2.45, 2.75) is 6.54 Å². The summed E-state index contributed by atoms with van der Waals surface area (Å²) < 4.78 is 31.3. The lowest BCUT2D eigenvalue weighted by Gasteiger charge is -2.10. The van der Waals surface area contributed by atoms with Crippen molar-refractivity contribution in [3.63, 3.8) is 0 Å². The predicted molar refractivity (Wildman–Crippen MR) is 85.2 cm³/mol. The SMILES string of the molecule is O=C(COc1cc(Cl)c(Cl)cc1Cl)NCc1cc(F)cc(F)c1. The number of hydrogen-bond acceptors (Lipinski definition) is 2. The Morgan fingerprint density at radius 2 is 1.57 bits per heavy atom. The van der Waals surface area contributed by atoms with Crippen LogP contribution in [0, 0.1) is 11.6 Å². The molecule has 0 radical (unpaired) electrons. The number of ether oxygens (including phenoxy) is 1. The molecule has 0 aromatic heterocycles. The zero-order chi connectivity index (χ0) is 17.0. The van der Waals surface area contributed by atoms with Crippen molar-refractivity contribution in [1.29, 1.82) is 0 Å². The summed E-state index contributed by atoms with van der Waals surface area (Å²) >= 11 is 17.5. The van der Waals surface area contributed by atoms with Crippen LogP contribution in [0.3, 0.4) is 0 Å². The van der Waals surface area contributed by atoms with E-state index in [1.54, 1.807) is 0 Å². The first-order valence-corrected chi connectivity index (χ1v) is 7.47. The molecule has 0 unspecified atom stereocenters. The molecule has 1 N–H and O–H groups in total. The summed E-state index contributed by atoms with van der Waals surface area (Å²) in [6.45, 7) is -0.374. The van der Waals surface area contributed by atoms with E-state index in [-0.39, 0.29) is 34.0 Å². The highest BCUT2D eigenvalue weighted by Gasteiger charge is 2.10. The lowest BCUT2D eigenvalue weighted by Crippen LogP contribution is -2.28. The van der Waals surface area contributed by atoms with Crippen LogP contribution in [0.5, 0.6) is 5.75 Å². The van der Waals surface area contributed by atoms with Crippen LogP contribution in [0.1, 0.15) is 5.56 Å². The first-order valence-electron chi connectivity index (χ1n) is 6.34. The third kappa shape index (κ3) is 5.23. The molecule has 1 amide bonds. The van der Waals surface area contributed by atoms with Crippen LogP contribution in [-0.2, 0) is 11.3 Å². The lowest BCUT2D eigenvalue weighted by atomic mass is 10.2. The number of halogens is 5. The fraction of sp³-hybridized carbons (Fsp3) is 0.133. The normalized spacial score (nSPS) is 10.5. The van der Waals surface area contributed by atoms with Gasteiger partial charge in [0.1, 0.15) is 17.4 Å². The molecule has 0 atom stereocenters. The first-order chi connectivity index (χ1) is 10.8. The Balaban J connectivity index is 1.89. The third-order valence-electron chi connectivity index (χ3n) is 2.75. The zero-order valence-electron chi connectivity index (χ0n) is 11.5. The highest BCUT2D eigenvalue weighted by atomic mass is 35.5. The number of benzene rings is 2. The molecular formula is C15H10Cl3F2NO2. The van der Waals surface area contributed by atoms with Crippen molar-refractivity contribution in [2.75, 3.05) is 6.61 Å². The molecule has 3 nitrogen and oxygen atoms in total. The summed E-state index contributed by atoms with van der Waals surface area (Å²) in [4.78, 5) is 11.7. The van der Waals surface area contributed by atoms with Gasteiger partial charge in [0, 0.05) is 18.7 Å². The molecule has 0 spiro atoms. The van der Waals surface area contributed by atoms with Gasteiger partial charge >= 0.3 is 0 Å². The van der Waals surface area contributed by atoms with Crippen LogP contribution in [0.25, 0.3) is 0 Å². The van der Waals surface area contributed by atoms with E-state index in [1.807, 2.05) is 0 Å². The summed E-state index contributed by atoms with van der Waals surface area (Å²) in [5, 5.41) is 3.18. The van der Waals surface area contributed by atoms with E-state index >= 15 is 0 Å². The van der Waals surface area contributed by atoms with Gasteiger partial charge in [-0.1, -0.05) is 34.8 Å². The average Bonchev–Trinajstić information content (AvgIpc) is 2.46. The lowest BCUT2D eigenvalue weighted by molar-refractivity contribution is -0.123. The Hall–Kier alpha value is -1.56. The summed E-state index contributed by atoms with van der Waals surface area (Å²) in [6, 6.07) is 5.79. The second-order valence-electron chi connectivity index (χ2n) is 4.54. The molecule has 23 heavy (non-hydrogen) atoms. The second-order valence-corrected chi connectivity index (χ2v) is 5.76. The Bertz CT molecular complexity index is 721. The van der Waals surface area contributed by atoms with Gasteiger partial charge in [-0.05, 0) is 23.8 Å². The monoisotopic (exact) mass is 379 g/mol. The molecule has 0 aliphatic heterocycles. The number of hydrogen-bond donors (Lipinski definition) is 1. The Kier molecular flexibility index (Phi) is 6.04. The highest BCUT2D eigenvalue weighted by molar-refractivity contribution is 6.43. The summed E-state index contributed by atoms with van der Waals surface area (Å²) in [6.07, 6.45) is 0. The van der Waals surface area contributed by atoms with Gasteiger partial charge in [-0.3, -0.25) is 4.79 Å². The van der Waals surface area contributed by atoms with Crippen LogP contribution in [0.15, 0.2) is 30.3 Å². The van der Waals surface area contributed by atoms with E-state index in [0.717, 1.165) is 18.2 Å². The maximum Gasteiger partial charge on any atom is 0.258 e. The van der Waals surface area contributed by atoms with Gasteiger partial charge in [0.2, 0.25) is 0 Å². The van der Waals surface area contributed by atoms with Crippen LogP contribution in [0.2, 0.25) is 15.1 Å². The number of carbonyl (C=O) groups is 1. The van der Waals surface area contributed by atoms with E-state index < -0.39 is 17.5 Å². The van der Waals surface area contributed by atoms with Gasteiger partial charge in [0.15, 0.2) is 6.61 Å². The van der Waals surface area contributed by atoms with Crippen molar-refractivity contribution in [3.05, 3.63) is 62.6 Å². The van der Waals surface area contributed by atoms with E-state index in [4.69, 9.17) is 39.5 Å². The van der Waals surface area contributed by atoms with Crippen LogP contribution in [-0.4, -0.2) is 12.5 Å². The van der Waals surface area contributed by atoms with Gasteiger partial charge < -0.3 is 10.1 Å². The van der Waals surface area contributed by atoms with Gasteiger partial charge in [0.25, 0.3) is 5.91 Å². The minimum atomic E-state index is -0.715. The number of carbonyl (C=O) groups excluding carboxylic acids is 1. The minimum Gasteiger partial charge on any atom is -0.482 e. The fourth-order valence-corrected chi connectivity index (χ4v) is 2.31. The largest absolute Gasteiger partial charge is 0.482 e. The second kappa shape index (κ2) is 7.81. The molecule has 122 valence electrons. The van der Waals surface area contributed by atoms with Gasteiger partial charge in [0.05, 0.1) is 15.1 Å². The van der Waals surface area contributed by atoms with E-state index in [1.165, 1.54) is 12.1 Å². The molecule has 0 saturated heterocycles. The Morgan fingerprint density at radius 1 is 0.957 bits per heavy atom. The van der Waals surface area contributed by atoms with Crippen molar-refractivity contribution in [1.82, 2.24) is 5.32 Å². The summed E-state index contributed by atoms with van der Waals surface area (Å²) in [5.41, 5.74) is 0.295. The van der Waals surface area contributed by atoms with Crippen LogP contribution in [0.4, 0.5) is 8.78 Å². The van der Waals surface area contributed by atoms with E-state index in [9.17, 15) is 13.6 Å². The smallest absolute Gasteiger partial charge is 0.258 e. The van der Waals surface area contributed by atoms with Crippen molar-refractivity contribution in [3.8, 4) is 5.75 Å². The summed E-state index contributed by atoms with van der Waals surface area (Å²) in [7, 11) is 0. The molecular weight excluding hydrogens is 371 g/mol. The number of rotatable bonds is 5. The molecule has 2 aromatic rings. The molecule has 2 rings (SSSR count). The fourth-order valence-electron chi connectivity index (χ4n) is 1.72. The Labute approximate surface area is 146 Å². The van der Waals surface area contributed by atoms with Crippen LogP contribution < -0.4 is 10.1 Å². The Morgan fingerprint density at radius 3 is 2.22 bits per heavy atom. The average molecular weight is 381 g/mol. The van der Waals surface area contributed by atoms with Gasteiger partial charge in [-0.25, -0.2) is 8.78 Å². The standard InChI is InChI=1S/C15H10Cl3F2NO2/c16-11-4-13(18)14(5-12(11)17)23-7-15(22)21-6-8-1-9(19)3-10(20)2-8/h1-5H,6-7H2,(H,21,22).